The summed E-state index contributed by atoms with van der Waals surface area (Å²) in [5.41, 5.74) is -0.150. The molecule has 1 aliphatic heterocycles. The van der Waals surface area contributed by atoms with Gasteiger partial charge in [0, 0.05) is 41.9 Å². The number of pyridine rings is 1. The fraction of sp³-hybridized carbons (Fsp3) is 0.545. The van der Waals surface area contributed by atoms with Crippen molar-refractivity contribution in [1.29, 1.82) is 0 Å². The Morgan fingerprint density at radius 2 is 2.33 bits per heavy atom. The predicted octanol–water partition coefficient (Wildman–Crippen LogP) is 1.94. The Bertz CT molecular complexity index is 478. The molecule has 1 fully saturated rings. The van der Waals surface area contributed by atoms with Crippen LogP contribution in [-0.4, -0.2) is 35.1 Å². The molecular weight excluding hydrogens is 300 g/mol. The Morgan fingerprint density at radius 3 is 2.94 bits per heavy atom. The maximum Gasteiger partial charge on any atom is 0.312 e. The molecule has 0 aromatic carbocycles. The van der Waals surface area contributed by atoms with Crippen LogP contribution in [0.15, 0.2) is 16.7 Å². The molecule has 18 heavy (non-hydrogen) atoms. The first-order valence-electron chi connectivity index (χ1n) is 5.70. The topological polar surface area (TPSA) is 71.3 Å². The van der Waals surface area contributed by atoms with E-state index < -0.39 is 0 Å². The molecular formula is C11H15BrN4O2. The highest BCUT2D eigenvalue weighted by molar-refractivity contribution is 9.10. The molecule has 0 aliphatic carbocycles. The third kappa shape index (κ3) is 2.46. The highest BCUT2D eigenvalue weighted by atomic mass is 79.9. The van der Waals surface area contributed by atoms with Gasteiger partial charge in [-0.15, -0.1) is 0 Å². The lowest BCUT2D eigenvalue weighted by molar-refractivity contribution is -0.384. The summed E-state index contributed by atoms with van der Waals surface area (Å²) < 4.78 is 0.617. The Hall–Kier alpha value is -1.21. The van der Waals surface area contributed by atoms with Crippen molar-refractivity contribution in [1.82, 2.24) is 10.3 Å². The minimum absolute atomic E-state index is 0.0411. The van der Waals surface area contributed by atoms with Gasteiger partial charge in [-0.1, -0.05) is 0 Å². The van der Waals surface area contributed by atoms with Gasteiger partial charge in [-0.2, -0.15) is 0 Å². The summed E-state index contributed by atoms with van der Waals surface area (Å²) >= 11 is 3.22. The van der Waals surface area contributed by atoms with E-state index in [1.54, 1.807) is 6.20 Å². The van der Waals surface area contributed by atoms with Crippen molar-refractivity contribution in [2.75, 3.05) is 24.5 Å². The summed E-state index contributed by atoms with van der Waals surface area (Å²) in [4.78, 5) is 17.0. The average molecular weight is 315 g/mol. The van der Waals surface area contributed by atoms with Crippen LogP contribution < -0.4 is 10.2 Å². The summed E-state index contributed by atoms with van der Waals surface area (Å²) in [6.45, 7) is 6.39. The zero-order valence-electron chi connectivity index (χ0n) is 10.3. The second-order valence-corrected chi connectivity index (χ2v) is 5.81. The van der Waals surface area contributed by atoms with E-state index in [1.165, 1.54) is 6.07 Å². The molecule has 1 N–H and O–H groups in total. The Kier molecular flexibility index (Phi) is 3.54. The summed E-state index contributed by atoms with van der Waals surface area (Å²) in [5.74, 6) is 0.440. The lowest BCUT2D eigenvalue weighted by Gasteiger charge is -2.43. The van der Waals surface area contributed by atoms with Crippen LogP contribution in [0.3, 0.4) is 0 Å². The SMILES string of the molecule is CC1(C)CNCCN1c1ncc(Br)cc1[N+](=O)[O-]. The van der Waals surface area contributed by atoms with Crippen LogP contribution in [0.4, 0.5) is 11.5 Å². The normalized spacial score (nSPS) is 18.7. The van der Waals surface area contributed by atoms with Crippen molar-refractivity contribution in [2.45, 2.75) is 19.4 Å². The number of hydrogen-bond acceptors (Lipinski definition) is 5. The van der Waals surface area contributed by atoms with E-state index >= 15 is 0 Å². The van der Waals surface area contributed by atoms with Crippen molar-refractivity contribution in [3.05, 3.63) is 26.9 Å². The van der Waals surface area contributed by atoms with Gasteiger partial charge in [-0.25, -0.2) is 4.98 Å². The van der Waals surface area contributed by atoms with Crippen molar-refractivity contribution in [3.8, 4) is 0 Å². The molecule has 1 aromatic rings. The van der Waals surface area contributed by atoms with Crippen LogP contribution >= 0.6 is 15.9 Å². The Morgan fingerprint density at radius 1 is 1.61 bits per heavy atom. The molecule has 0 bridgehead atoms. The first-order chi connectivity index (χ1) is 8.42. The van der Waals surface area contributed by atoms with Gasteiger partial charge in [-0.05, 0) is 29.8 Å². The van der Waals surface area contributed by atoms with Gasteiger partial charge < -0.3 is 10.2 Å². The van der Waals surface area contributed by atoms with Gasteiger partial charge in [0.15, 0.2) is 0 Å². The Balaban J connectivity index is 2.46. The molecule has 7 heteroatoms. The molecule has 98 valence electrons. The number of anilines is 1. The highest BCUT2D eigenvalue weighted by Gasteiger charge is 2.34. The summed E-state index contributed by atoms with van der Waals surface area (Å²) in [5, 5.41) is 14.4. The molecule has 0 unspecified atom stereocenters. The minimum atomic E-state index is -0.384. The molecule has 0 atom stereocenters. The van der Waals surface area contributed by atoms with Gasteiger partial charge in [0.25, 0.3) is 0 Å². The van der Waals surface area contributed by atoms with Crippen molar-refractivity contribution >= 4 is 27.4 Å². The van der Waals surface area contributed by atoms with Crippen LogP contribution in [0.2, 0.25) is 0 Å². The lowest BCUT2D eigenvalue weighted by Crippen LogP contribution is -2.58. The molecule has 0 saturated carbocycles. The molecule has 2 rings (SSSR count). The number of piperazine rings is 1. The third-order valence-corrected chi connectivity index (χ3v) is 3.50. The summed E-state index contributed by atoms with van der Waals surface area (Å²) in [7, 11) is 0. The molecule has 0 spiro atoms. The highest BCUT2D eigenvalue weighted by Crippen LogP contribution is 2.33. The van der Waals surface area contributed by atoms with E-state index in [0.717, 1.165) is 13.1 Å². The van der Waals surface area contributed by atoms with E-state index in [4.69, 9.17) is 0 Å². The quantitative estimate of drug-likeness (QED) is 0.667. The predicted molar refractivity (Wildman–Crippen MR) is 72.9 cm³/mol. The van der Waals surface area contributed by atoms with E-state index in [1.807, 2.05) is 18.7 Å². The fourth-order valence-corrected chi connectivity index (χ4v) is 2.46. The number of aromatic nitrogens is 1. The molecule has 0 amide bonds. The fourth-order valence-electron chi connectivity index (χ4n) is 2.14. The zero-order chi connectivity index (χ0) is 13.3. The summed E-state index contributed by atoms with van der Waals surface area (Å²) in [6.07, 6.45) is 1.60. The van der Waals surface area contributed by atoms with Gasteiger partial charge in [-0.3, -0.25) is 10.1 Å². The zero-order valence-corrected chi connectivity index (χ0v) is 11.9. The maximum absolute atomic E-state index is 11.1. The van der Waals surface area contributed by atoms with Crippen LogP contribution in [0, 0.1) is 10.1 Å². The number of nitrogens with zero attached hydrogens (tertiary/aromatic N) is 3. The number of hydrogen-bond donors (Lipinski definition) is 1. The van der Waals surface area contributed by atoms with Gasteiger partial charge in [0.05, 0.1) is 4.92 Å². The van der Waals surface area contributed by atoms with Crippen LogP contribution in [0.1, 0.15) is 13.8 Å². The molecule has 1 saturated heterocycles. The number of halogens is 1. The lowest BCUT2D eigenvalue weighted by atomic mass is 10.00. The molecule has 6 nitrogen and oxygen atoms in total. The largest absolute Gasteiger partial charge is 0.343 e. The third-order valence-electron chi connectivity index (χ3n) is 3.07. The molecule has 1 aromatic heterocycles. The maximum atomic E-state index is 11.1. The second kappa shape index (κ2) is 4.81. The molecule has 2 heterocycles. The van der Waals surface area contributed by atoms with E-state index in [9.17, 15) is 10.1 Å². The standard InChI is InChI=1S/C11H15BrN4O2/c1-11(2)7-13-3-4-15(11)10-9(16(17)18)5-8(12)6-14-10/h5-6,13H,3-4,7H2,1-2H3. The number of nitrogens with one attached hydrogen (secondary N) is 1. The van der Waals surface area contributed by atoms with Gasteiger partial charge >= 0.3 is 5.69 Å². The summed E-state index contributed by atoms with van der Waals surface area (Å²) in [6, 6.07) is 1.50. The first-order valence-corrected chi connectivity index (χ1v) is 6.49. The van der Waals surface area contributed by atoms with Crippen LogP contribution in [0.25, 0.3) is 0 Å². The van der Waals surface area contributed by atoms with Crippen LogP contribution in [-0.2, 0) is 0 Å². The Labute approximate surface area is 114 Å². The van der Waals surface area contributed by atoms with E-state index in [-0.39, 0.29) is 16.1 Å². The van der Waals surface area contributed by atoms with E-state index in [2.05, 4.69) is 26.2 Å². The van der Waals surface area contributed by atoms with Crippen molar-refractivity contribution < 1.29 is 4.92 Å². The first kappa shape index (κ1) is 13.2. The second-order valence-electron chi connectivity index (χ2n) is 4.89. The van der Waals surface area contributed by atoms with Gasteiger partial charge in [0.1, 0.15) is 0 Å². The molecule has 1 aliphatic rings. The number of rotatable bonds is 2. The minimum Gasteiger partial charge on any atom is -0.343 e. The van der Waals surface area contributed by atoms with Crippen molar-refractivity contribution in [3.63, 3.8) is 0 Å². The number of nitro groups is 1. The monoisotopic (exact) mass is 314 g/mol. The smallest absolute Gasteiger partial charge is 0.312 e. The molecule has 0 radical (unpaired) electrons. The van der Waals surface area contributed by atoms with Crippen molar-refractivity contribution in [2.24, 2.45) is 0 Å². The average Bonchev–Trinajstić information content (AvgIpc) is 2.29. The van der Waals surface area contributed by atoms with Gasteiger partial charge in [0.2, 0.25) is 5.82 Å². The van der Waals surface area contributed by atoms with Crippen LogP contribution in [0.5, 0.6) is 0 Å². The van der Waals surface area contributed by atoms with E-state index in [0.29, 0.717) is 16.8 Å².